The Morgan fingerprint density at radius 3 is 3.40 bits per heavy atom. The van der Waals surface area contributed by atoms with Crippen LogP contribution in [0.4, 0.5) is 5.82 Å². The largest absolute Gasteiger partial charge is 0.384 e. The van der Waals surface area contributed by atoms with Crippen molar-refractivity contribution < 1.29 is 0 Å². The van der Waals surface area contributed by atoms with Crippen LogP contribution in [0.15, 0.2) is 18.3 Å². The second kappa shape index (κ2) is 1.73. The van der Waals surface area contributed by atoms with Crippen LogP contribution in [0.3, 0.4) is 0 Å². The van der Waals surface area contributed by atoms with Gasteiger partial charge < -0.3 is 10.7 Å². The van der Waals surface area contributed by atoms with Gasteiger partial charge in [-0.1, -0.05) is 0 Å². The molecular formula is C7H6N3. The van der Waals surface area contributed by atoms with Crippen LogP contribution in [-0.2, 0) is 0 Å². The van der Waals surface area contributed by atoms with Gasteiger partial charge in [-0.15, -0.1) is 0 Å². The topological polar surface area (TPSA) is 54.7 Å². The Morgan fingerprint density at radius 1 is 1.60 bits per heavy atom. The number of anilines is 1. The Kier molecular flexibility index (Phi) is 0.917. The van der Waals surface area contributed by atoms with E-state index in [0.717, 1.165) is 10.9 Å². The van der Waals surface area contributed by atoms with Crippen LogP contribution in [0, 0.1) is 6.20 Å². The smallest absolute Gasteiger partial charge is 0.124 e. The van der Waals surface area contributed by atoms with Crippen molar-refractivity contribution in [3.05, 3.63) is 24.5 Å². The molecule has 0 aliphatic heterocycles. The summed E-state index contributed by atoms with van der Waals surface area (Å²) < 4.78 is 0. The van der Waals surface area contributed by atoms with Crippen molar-refractivity contribution in [2.45, 2.75) is 0 Å². The van der Waals surface area contributed by atoms with Crippen molar-refractivity contribution in [1.82, 2.24) is 9.97 Å². The maximum atomic E-state index is 5.44. The lowest BCUT2D eigenvalue weighted by molar-refractivity contribution is 1.34. The molecule has 3 N–H and O–H groups in total. The second-order valence-electron chi connectivity index (χ2n) is 2.11. The number of fused-ring (bicyclic) bond motifs is 1. The zero-order chi connectivity index (χ0) is 6.97. The fourth-order valence-electron chi connectivity index (χ4n) is 0.903. The number of aromatic amines is 1. The van der Waals surface area contributed by atoms with Gasteiger partial charge in [-0.25, -0.2) is 4.98 Å². The van der Waals surface area contributed by atoms with Crippen LogP contribution in [0.2, 0.25) is 0 Å². The number of nitrogens with zero attached hydrogens (tertiary/aromatic N) is 1. The number of nitrogen functional groups attached to an aromatic ring is 1. The molecule has 3 heteroatoms. The van der Waals surface area contributed by atoms with Gasteiger partial charge in [0.1, 0.15) is 5.82 Å². The monoisotopic (exact) mass is 132 g/mol. The minimum Gasteiger partial charge on any atom is -0.384 e. The van der Waals surface area contributed by atoms with Gasteiger partial charge in [0, 0.05) is 5.39 Å². The molecule has 2 rings (SSSR count). The molecule has 2 heterocycles. The molecule has 0 spiro atoms. The summed E-state index contributed by atoms with van der Waals surface area (Å²) in [4.78, 5) is 6.81. The van der Waals surface area contributed by atoms with Gasteiger partial charge in [0.15, 0.2) is 0 Å². The van der Waals surface area contributed by atoms with Crippen molar-refractivity contribution in [2.24, 2.45) is 0 Å². The molecule has 1 radical (unpaired) electrons. The second-order valence-corrected chi connectivity index (χ2v) is 2.11. The van der Waals surface area contributed by atoms with Crippen LogP contribution in [-0.4, -0.2) is 9.97 Å². The van der Waals surface area contributed by atoms with E-state index in [9.17, 15) is 0 Å². The molecule has 0 aliphatic rings. The summed E-state index contributed by atoms with van der Waals surface area (Å²) in [5, 5.41) is 1.05. The minimum absolute atomic E-state index is 0.542. The van der Waals surface area contributed by atoms with E-state index in [1.54, 1.807) is 6.20 Å². The lowest BCUT2D eigenvalue weighted by Crippen LogP contribution is -1.87. The summed E-state index contributed by atoms with van der Waals surface area (Å²) in [6.07, 6.45) is 4.54. The molecule has 0 saturated carbocycles. The predicted molar refractivity (Wildman–Crippen MR) is 39.3 cm³/mol. The van der Waals surface area contributed by atoms with Crippen LogP contribution in [0.25, 0.3) is 10.9 Å². The van der Waals surface area contributed by atoms with Crippen LogP contribution in [0.5, 0.6) is 0 Å². The Balaban J connectivity index is 2.86. The predicted octanol–water partition coefficient (Wildman–Crippen LogP) is 0.945. The summed E-state index contributed by atoms with van der Waals surface area (Å²) in [5.74, 6) is 0.542. The van der Waals surface area contributed by atoms with E-state index < -0.39 is 0 Å². The van der Waals surface area contributed by atoms with Crippen molar-refractivity contribution >= 4 is 16.7 Å². The quantitative estimate of drug-likeness (QED) is 0.560. The van der Waals surface area contributed by atoms with E-state index in [1.165, 1.54) is 0 Å². The molecule has 0 amide bonds. The lowest BCUT2D eigenvalue weighted by atomic mass is 10.3. The zero-order valence-corrected chi connectivity index (χ0v) is 5.26. The normalized spacial score (nSPS) is 10.4. The SMILES string of the molecule is Nc1cc2c[c][nH]c2cn1. The number of nitrogens with two attached hydrogens (primary N) is 1. The first-order valence-corrected chi connectivity index (χ1v) is 2.96. The molecule has 10 heavy (non-hydrogen) atoms. The number of hydrogen-bond donors (Lipinski definition) is 2. The maximum absolute atomic E-state index is 5.44. The Morgan fingerprint density at radius 2 is 2.50 bits per heavy atom. The summed E-state index contributed by atoms with van der Waals surface area (Å²) in [6.45, 7) is 0. The lowest BCUT2D eigenvalue weighted by Gasteiger charge is -1.89. The fourth-order valence-corrected chi connectivity index (χ4v) is 0.903. The molecule has 2 aromatic heterocycles. The van der Waals surface area contributed by atoms with E-state index >= 15 is 0 Å². The zero-order valence-electron chi connectivity index (χ0n) is 5.26. The van der Waals surface area contributed by atoms with Gasteiger partial charge in [-0.05, 0) is 12.1 Å². The van der Waals surface area contributed by atoms with E-state index in [4.69, 9.17) is 5.73 Å². The number of nitrogens with one attached hydrogen (secondary N) is 1. The van der Waals surface area contributed by atoms with Crippen LogP contribution < -0.4 is 5.73 Å². The van der Waals surface area contributed by atoms with E-state index in [1.807, 2.05) is 12.1 Å². The molecular weight excluding hydrogens is 126 g/mol. The van der Waals surface area contributed by atoms with Gasteiger partial charge in [-0.2, -0.15) is 0 Å². The first-order chi connectivity index (χ1) is 4.86. The van der Waals surface area contributed by atoms with E-state index in [-0.39, 0.29) is 0 Å². The molecule has 0 fully saturated rings. The van der Waals surface area contributed by atoms with Crippen LogP contribution >= 0.6 is 0 Å². The first kappa shape index (κ1) is 5.29. The molecule has 0 saturated heterocycles. The Bertz CT molecular complexity index is 350. The fraction of sp³-hybridized carbons (Fsp3) is 0. The number of hydrogen-bond acceptors (Lipinski definition) is 2. The van der Waals surface area contributed by atoms with Crippen molar-refractivity contribution in [3.8, 4) is 0 Å². The number of aromatic nitrogens is 2. The highest BCUT2D eigenvalue weighted by atomic mass is 14.8. The third-order valence-electron chi connectivity index (χ3n) is 1.39. The van der Waals surface area contributed by atoms with Crippen LogP contribution in [0.1, 0.15) is 0 Å². The number of H-pyrrole nitrogens is 1. The highest BCUT2D eigenvalue weighted by molar-refractivity contribution is 5.80. The Labute approximate surface area is 57.9 Å². The molecule has 0 bridgehead atoms. The third kappa shape index (κ3) is 0.639. The third-order valence-corrected chi connectivity index (χ3v) is 1.39. The first-order valence-electron chi connectivity index (χ1n) is 2.96. The molecule has 0 aliphatic carbocycles. The molecule has 0 aromatic carbocycles. The average Bonchev–Trinajstić information content (AvgIpc) is 2.33. The van der Waals surface area contributed by atoms with Gasteiger partial charge in [0.25, 0.3) is 0 Å². The summed E-state index contributed by atoms with van der Waals surface area (Å²) in [5.41, 5.74) is 6.41. The van der Waals surface area contributed by atoms with Crippen molar-refractivity contribution in [3.63, 3.8) is 0 Å². The highest BCUT2D eigenvalue weighted by Gasteiger charge is 1.93. The molecule has 0 atom stereocenters. The van der Waals surface area contributed by atoms with E-state index in [2.05, 4.69) is 16.2 Å². The molecule has 0 unspecified atom stereocenters. The van der Waals surface area contributed by atoms with Gasteiger partial charge in [0.2, 0.25) is 0 Å². The molecule has 49 valence electrons. The standard InChI is InChI=1S/C7H6N3/c8-7-3-5-1-2-9-6(5)4-10-7/h1,3-4,9H,(H2,8,10). The highest BCUT2D eigenvalue weighted by Crippen LogP contribution is 2.11. The number of pyridine rings is 1. The van der Waals surface area contributed by atoms with Gasteiger partial charge in [0.05, 0.1) is 17.9 Å². The average molecular weight is 132 g/mol. The van der Waals surface area contributed by atoms with E-state index in [0.29, 0.717) is 5.82 Å². The van der Waals surface area contributed by atoms with Gasteiger partial charge >= 0.3 is 0 Å². The number of rotatable bonds is 0. The van der Waals surface area contributed by atoms with Crippen molar-refractivity contribution in [1.29, 1.82) is 0 Å². The molecule has 2 aromatic rings. The molecule has 3 nitrogen and oxygen atoms in total. The summed E-state index contributed by atoms with van der Waals surface area (Å²) in [7, 11) is 0. The summed E-state index contributed by atoms with van der Waals surface area (Å²) >= 11 is 0. The summed E-state index contributed by atoms with van der Waals surface area (Å²) in [6, 6.07) is 3.65. The van der Waals surface area contributed by atoms with Crippen molar-refractivity contribution in [2.75, 3.05) is 5.73 Å². The minimum atomic E-state index is 0.542. The maximum Gasteiger partial charge on any atom is 0.124 e. The Hall–Kier alpha value is -1.51. The van der Waals surface area contributed by atoms with Gasteiger partial charge in [-0.3, -0.25) is 0 Å².